The van der Waals surface area contributed by atoms with Gasteiger partial charge in [0.25, 0.3) is 0 Å². The van der Waals surface area contributed by atoms with Crippen molar-refractivity contribution in [3.05, 3.63) is 12.2 Å². The molecule has 2 atom stereocenters. The van der Waals surface area contributed by atoms with Gasteiger partial charge in [0.1, 0.15) is 6.33 Å². The summed E-state index contributed by atoms with van der Waals surface area (Å²) in [6, 6.07) is 0.618. The second-order valence-corrected chi connectivity index (χ2v) is 5.53. The molecule has 0 bridgehead atoms. The summed E-state index contributed by atoms with van der Waals surface area (Å²) in [5.74, 6) is 2.20. The first-order valence-electron chi connectivity index (χ1n) is 5.45. The monoisotopic (exact) mass is 226 g/mol. The average molecular weight is 226 g/mol. The summed E-state index contributed by atoms with van der Waals surface area (Å²) in [4.78, 5) is 4.21. The van der Waals surface area contributed by atoms with Crippen LogP contribution in [0.15, 0.2) is 6.33 Å². The summed E-state index contributed by atoms with van der Waals surface area (Å²) >= 11 is 2.06. The highest BCUT2D eigenvalue weighted by Crippen LogP contribution is 2.24. The zero-order valence-corrected chi connectivity index (χ0v) is 10.1. The van der Waals surface area contributed by atoms with Gasteiger partial charge < -0.3 is 5.32 Å². The molecule has 2 heterocycles. The van der Waals surface area contributed by atoms with Crippen molar-refractivity contribution in [3.63, 3.8) is 0 Å². The third kappa shape index (κ3) is 2.95. The molecule has 1 aromatic heterocycles. The number of nitrogens with zero attached hydrogens (tertiary/aromatic N) is 3. The van der Waals surface area contributed by atoms with Crippen molar-refractivity contribution in [2.75, 3.05) is 5.75 Å². The number of rotatable bonds is 3. The van der Waals surface area contributed by atoms with Gasteiger partial charge in [0.15, 0.2) is 5.82 Å². The zero-order chi connectivity index (χ0) is 10.7. The lowest BCUT2D eigenvalue weighted by molar-refractivity contribution is 0.455. The second-order valence-electron chi connectivity index (χ2n) is 4.04. The van der Waals surface area contributed by atoms with Crippen molar-refractivity contribution in [3.8, 4) is 0 Å². The minimum Gasteiger partial charge on any atom is -0.306 e. The lowest BCUT2D eigenvalue weighted by Gasteiger charge is -2.28. The van der Waals surface area contributed by atoms with Crippen LogP contribution >= 0.6 is 11.8 Å². The molecule has 0 saturated carbocycles. The second kappa shape index (κ2) is 4.99. The zero-order valence-electron chi connectivity index (χ0n) is 9.31. The molecule has 1 aliphatic heterocycles. The van der Waals surface area contributed by atoms with E-state index in [1.165, 1.54) is 18.6 Å². The Kier molecular flexibility index (Phi) is 3.64. The Morgan fingerprint density at radius 3 is 3.20 bits per heavy atom. The fourth-order valence-corrected chi connectivity index (χ4v) is 3.05. The largest absolute Gasteiger partial charge is 0.306 e. The van der Waals surface area contributed by atoms with E-state index in [-0.39, 0.29) is 0 Å². The number of aromatic nitrogens is 3. The first-order chi connectivity index (χ1) is 7.25. The van der Waals surface area contributed by atoms with Gasteiger partial charge in [-0.25, -0.2) is 4.98 Å². The van der Waals surface area contributed by atoms with Crippen LogP contribution in [0.3, 0.4) is 0 Å². The lowest BCUT2D eigenvalue weighted by Crippen LogP contribution is -2.39. The standard InChI is InChI=1S/C10H18N4S/c1-8-9(4-3-5-15-8)11-6-10-12-7-14(2)13-10/h7-9,11H,3-6H2,1-2H3. The van der Waals surface area contributed by atoms with Crippen molar-refractivity contribution in [2.24, 2.45) is 7.05 Å². The third-order valence-electron chi connectivity index (χ3n) is 2.78. The average Bonchev–Trinajstić information content (AvgIpc) is 2.63. The highest BCUT2D eigenvalue weighted by molar-refractivity contribution is 7.99. The van der Waals surface area contributed by atoms with E-state index in [9.17, 15) is 0 Å². The predicted molar refractivity (Wildman–Crippen MR) is 62.8 cm³/mol. The van der Waals surface area contributed by atoms with E-state index < -0.39 is 0 Å². The van der Waals surface area contributed by atoms with Crippen LogP contribution in [0.4, 0.5) is 0 Å². The Balaban J connectivity index is 1.81. The number of nitrogens with one attached hydrogen (secondary N) is 1. The third-order valence-corrected chi connectivity index (χ3v) is 4.15. The molecule has 15 heavy (non-hydrogen) atoms. The Morgan fingerprint density at radius 1 is 1.67 bits per heavy atom. The topological polar surface area (TPSA) is 42.7 Å². The van der Waals surface area contributed by atoms with Gasteiger partial charge >= 0.3 is 0 Å². The van der Waals surface area contributed by atoms with Gasteiger partial charge in [0, 0.05) is 18.3 Å². The molecule has 0 aliphatic carbocycles. The van der Waals surface area contributed by atoms with E-state index in [0.29, 0.717) is 11.3 Å². The van der Waals surface area contributed by atoms with Crippen LogP contribution in [0.1, 0.15) is 25.6 Å². The number of hydrogen-bond donors (Lipinski definition) is 1. The van der Waals surface area contributed by atoms with E-state index >= 15 is 0 Å². The van der Waals surface area contributed by atoms with Crippen molar-refractivity contribution in [1.82, 2.24) is 20.1 Å². The maximum atomic E-state index is 4.26. The number of aryl methyl sites for hydroxylation is 1. The molecular weight excluding hydrogens is 208 g/mol. The highest BCUT2D eigenvalue weighted by Gasteiger charge is 2.21. The summed E-state index contributed by atoms with van der Waals surface area (Å²) in [6.07, 6.45) is 4.35. The molecule has 0 amide bonds. The van der Waals surface area contributed by atoms with Gasteiger partial charge in [0.2, 0.25) is 0 Å². The van der Waals surface area contributed by atoms with Gasteiger partial charge in [-0.05, 0) is 18.6 Å². The molecule has 0 aromatic carbocycles. The molecule has 1 fully saturated rings. The van der Waals surface area contributed by atoms with Crippen molar-refractivity contribution in [2.45, 2.75) is 37.6 Å². The molecule has 1 N–H and O–H groups in total. The van der Waals surface area contributed by atoms with Gasteiger partial charge in [-0.3, -0.25) is 4.68 Å². The van der Waals surface area contributed by atoms with Crippen molar-refractivity contribution in [1.29, 1.82) is 0 Å². The fourth-order valence-electron chi connectivity index (χ4n) is 1.88. The Labute approximate surface area is 94.8 Å². The first kappa shape index (κ1) is 11.0. The highest BCUT2D eigenvalue weighted by atomic mass is 32.2. The van der Waals surface area contributed by atoms with Crippen LogP contribution in [-0.4, -0.2) is 31.8 Å². The molecule has 4 nitrogen and oxygen atoms in total. The molecule has 1 saturated heterocycles. The Hall–Kier alpha value is -0.550. The molecule has 1 aliphatic rings. The van der Waals surface area contributed by atoms with Crippen molar-refractivity contribution >= 4 is 11.8 Å². The van der Waals surface area contributed by atoms with Crippen LogP contribution < -0.4 is 5.32 Å². The van der Waals surface area contributed by atoms with Crippen LogP contribution in [0.5, 0.6) is 0 Å². The van der Waals surface area contributed by atoms with Gasteiger partial charge in [-0.1, -0.05) is 6.92 Å². The summed E-state index contributed by atoms with van der Waals surface area (Å²) in [5, 5.41) is 8.51. The fraction of sp³-hybridized carbons (Fsp3) is 0.800. The Morgan fingerprint density at radius 2 is 2.53 bits per heavy atom. The van der Waals surface area contributed by atoms with Crippen LogP contribution in [0.2, 0.25) is 0 Å². The molecule has 5 heteroatoms. The molecule has 0 spiro atoms. The minimum absolute atomic E-state index is 0.618. The molecule has 0 radical (unpaired) electrons. The Bertz CT molecular complexity index is 312. The van der Waals surface area contributed by atoms with Crippen molar-refractivity contribution < 1.29 is 0 Å². The maximum absolute atomic E-state index is 4.26. The van der Waals surface area contributed by atoms with E-state index in [4.69, 9.17) is 0 Å². The number of thioether (sulfide) groups is 1. The summed E-state index contributed by atoms with van der Waals surface area (Å²) in [5.41, 5.74) is 0. The van der Waals surface area contributed by atoms with Crippen LogP contribution in [-0.2, 0) is 13.6 Å². The van der Waals surface area contributed by atoms with Crippen LogP contribution in [0.25, 0.3) is 0 Å². The molecule has 1 aromatic rings. The lowest BCUT2D eigenvalue weighted by atomic mass is 10.1. The quantitative estimate of drug-likeness (QED) is 0.840. The van der Waals surface area contributed by atoms with Gasteiger partial charge in [0.05, 0.1) is 6.54 Å². The van der Waals surface area contributed by atoms with E-state index in [1.807, 2.05) is 7.05 Å². The van der Waals surface area contributed by atoms with E-state index in [1.54, 1.807) is 11.0 Å². The number of hydrogen-bond acceptors (Lipinski definition) is 4. The minimum atomic E-state index is 0.618. The van der Waals surface area contributed by atoms with Gasteiger partial charge in [-0.2, -0.15) is 16.9 Å². The first-order valence-corrected chi connectivity index (χ1v) is 6.50. The maximum Gasteiger partial charge on any atom is 0.164 e. The van der Waals surface area contributed by atoms with Gasteiger partial charge in [-0.15, -0.1) is 0 Å². The predicted octanol–water partition coefficient (Wildman–Crippen LogP) is 1.19. The van der Waals surface area contributed by atoms with Crippen LogP contribution in [0, 0.1) is 0 Å². The molecule has 2 rings (SSSR count). The van der Waals surface area contributed by atoms with E-state index in [0.717, 1.165) is 12.4 Å². The normalized spacial score (nSPS) is 26.8. The summed E-state index contributed by atoms with van der Waals surface area (Å²) in [7, 11) is 1.90. The summed E-state index contributed by atoms with van der Waals surface area (Å²) < 4.78 is 1.75. The van der Waals surface area contributed by atoms with E-state index in [2.05, 4.69) is 34.1 Å². The molecular formula is C10H18N4S. The smallest absolute Gasteiger partial charge is 0.164 e. The molecule has 84 valence electrons. The molecule has 2 unspecified atom stereocenters. The summed E-state index contributed by atoms with van der Waals surface area (Å²) in [6.45, 7) is 3.09. The SMILES string of the molecule is CC1SCCCC1NCc1ncn(C)n1.